The summed E-state index contributed by atoms with van der Waals surface area (Å²) in [6.07, 6.45) is 0.827. The Bertz CT molecular complexity index is 476. The average molecular weight is 305 g/mol. The topological polar surface area (TPSA) is 64.3 Å². The first-order valence-corrected chi connectivity index (χ1v) is 6.69. The normalized spacial score (nSPS) is 11.2. The van der Waals surface area contributed by atoms with E-state index in [2.05, 4.69) is 5.32 Å². The van der Waals surface area contributed by atoms with E-state index in [-0.39, 0.29) is 18.1 Å². The molecule has 0 aliphatic rings. The van der Waals surface area contributed by atoms with Gasteiger partial charge in [-0.25, -0.2) is 0 Å². The minimum absolute atomic E-state index is 0.119. The smallest absolute Gasteiger partial charge is 0.258 e. The van der Waals surface area contributed by atoms with Crippen LogP contribution in [0.3, 0.4) is 0 Å². The fraction of sp³-hybridized carbons (Fsp3) is 0.462. The van der Waals surface area contributed by atoms with Gasteiger partial charge in [0.15, 0.2) is 6.61 Å². The SMILES string of the molecule is CCC(C)(C)NC(=O)COc1cc(Cl)c(Cl)cc1N. The van der Waals surface area contributed by atoms with E-state index in [4.69, 9.17) is 33.7 Å². The fourth-order valence-corrected chi connectivity index (χ4v) is 1.64. The number of rotatable bonds is 5. The summed E-state index contributed by atoms with van der Waals surface area (Å²) >= 11 is 11.7. The van der Waals surface area contributed by atoms with Gasteiger partial charge in [0.05, 0.1) is 15.7 Å². The van der Waals surface area contributed by atoms with Crippen LogP contribution >= 0.6 is 23.2 Å². The van der Waals surface area contributed by atoms with Crippen molar-refractivity contribution in [2.45, 2.75) is 32.7 Å². The maximum absolute atomic E-state index is 11.7. The van der Waals surface area contributed by atoms with Crippen LogP contribution in [0, 0.1) is 0 Å². The number of amides is 1. The quantitative estimate of drug-likeness (QED) is 0.821. The van der Waals surface area contributed by atoms with Crippen LogP contribution in [0.5, 0.6) is 5.75 Å². The Hall–Kier alpha value is -1.13. The molecule has 0 aromatic heterocycles. The summed E-state index contributed by atoms with van der Waals surface area (Å²) in [5, 5.41) is 3.54. The molecule has 1 amide bonds. The van der Waals surface area contributed by atoms with E-state index < -0.39 is 0 Å². The molecular formula is C13H18Cl2N2O2. The zero-order valence-electron chi connectivity index (χ0n) is 11.2. The van der Waals surface area contributed by atoms with Gasteiger partial charge in [0.25, 0.3) is 5.91 Å². The van der Waals surface area contributed by atoms with Gasteiger partial charge in [-0.15, -0.1) is 0 Å². The number of ether oxygens (including phenoxy) is 1. The standard InChI is InChI=1S/C13H18Cl2N2O2/c1-4-13(2,3)17-12(18)7-19-11-6-9(15)8(14)5-10(11)16/h5-6H,4,7,16H2,1-3H3,(H,17,18). The number of hydrogen-bond donors (Lipinski definition) is 2. The van der Waals surface area contributed by atoms with Gasteiger partial charge < -0.3 is 15.8 Å². The third kappa shape index (κ3) is 4.80. The first-order chi connectivity index (χ1) is 8.75. The molecule has 0 aliphatic carbocycles. The summed E-state index contributed by atoms with van der Waals surface area (Å²) < 4.78 is 5.34. The Labute approximate surface area is 123 Å². The maximum atomic E-state index is 11.7. The highest BCUT2D eigenvalue weighted by molar-refractivity contribution is 6.42. The Morgan fingerprint density at radius 2 is 1.95 bits per heavy atom. The largest absolute Gasteiger partial charge is 0.482 e. The molecule has 3 N–H and O–H groups in total. The highest BCUT2D eigenvalue weighted by Crippen LogP contribution is 2.32. The van der Waals surface area contributed by atoms with Crippen LogP contribution in [-0.2, 0) is 4.79 Å². The molecule has 0 saturated carbocycles. The van der Waals surface area contributed by atoms with Crippen molar-refractivity contribution in [1.29, 1.82) is 0 Å². The minimum Gasteiger partial charge on any atom is -0.482 e. The van der Waals surface area contributed by atoms with E-state index >= 15 is 0 Å². The number of nitrogens with one attached hydrogen (secondary N) is 1. The van der Waals surface area contributed by atoms with Crippen LogP contribution in [0.25, 0.3) is 0 Å². The number of anilines is 1. The first kappa shape index (κ1) is 15.9. The van der Waals surface area contributed by atoms with Crippen molar-refractivity contribution in [3.8, 4) is 5.75 Å². The molecule has 0 radical (unpaired) electrons. The Balaban J connectivity index is 2.63. The van der Waals surface area contributed by atoms with Crippen molar-refractivity contribution in [1.82, 2.24) is 5.32 Å². The molecule has 1 aromatic carbocycles. The van der Waals surface area contributed by atoms with Gasteiger partial charge in [0.2, 0.25) is 0 Å². The van der Waals surface area contributed by atoms with Crippen molar-refractivity contribution >= 4 is 34.8 Å². The van der Waals surface area contributed by atoms with E-state index in [0.717, 1.165) is 6.42 Å². The average Bonchev–Trinajstić information content (AvgIpc) is 2.31. The molecule has 106 valence electrons. The second-order valence-electron chi connectivity index (χ2n) is 4.88. The molecule has 0 aliphatic heterocycles. The predicted molar refractivity (Wildman–Crippen MR) is 78.9 cm³/mol. The number of nitrogens with two attached hydrogens (primary N) is 1. The van der Waals surface area contributed by atoms with Crippen LogP contribution in [0.1, 0.15) is 27.2 Å². The summed E-state index contributed by atoms with van der Waals surface area (Å²) in [7, 11) is 0. The van der Waals surface area contributed by atoms with E-state index in [1.165, 1.54) is 12.1 Å². The molecule has 0 atom stereocenters. The summed E-state index contributed by atoms with van der Waals surface area (Å²) in [6.45, 7) is 5.76. The third-order valence-corrected chi connectivity index (χ3v) is 3.50. The van der Waals surface area contributed by atoms with Crippen LogP contribution in [0.15, 0.2) is 12.1 Å². The zero-order valence-corrected chi connectivity index (χ0v) is 12.7. The van der Waals surface area contributed by atoms with Crippen LogP contribution in [0.2, 0.25) is 10.0 Å². The maximum Gasteiger partial charge on any atom is 0.258 e. The van der Waals surface area contributed by atoms with E-state index in [1.807, 2.05) is 20.8 Å². The minimum atomic E-state index is -0.260. The summed E-state index contributed by atoms with van der Waals surface area (Å²) in [5.41, 5.74) is 5.81. The molecular weight excluding hydrogens is 287 g/mol. The Kier molecular flexibility index (Phi) is 5.32. The summed E-state index contributed by atoms with van der Waals surface area (Å²) in [6, 6.07) is 2.99. The molecule has 0 bridgehead atoms. The highest BCUT2D eigenvalue weighted by Gasteiger charge is 2.18. The fourth-order valence-electron chi connectivity index (χ4n) is 1.31. The molecule has 1 rings (SSSR count). The van der Waals surface area contributed by atoms with Crippen LogP contribution in [-0.4, -0.2) is 18.1 Å². The van der Waals surface area contributed by atoms with Gasteiger partial charge in [0.1, 0.15) is 5.75 Å². The highest BCUT2D eigenvalue weighted by atomic mass is 35.5. The molecule has 0 spiro atoms. The predicted octanol–water partition coefficient (Wildman–Crippen LogP) is 3.26. The van der Waals surface area contributed by atoms with Gasteiger partial charge in [-0.3, -0.25) is 4.79 Å². The Morgan fingerprint density at radius 3 is 2.53 bits per heavy atom. The molecule has 19 heavy (non-hydrogen) atoms. The lowest BCUT2D eigenvalue weighted by Crippen LogP contribution is -2.44. The van der Waals surface area contributed by atoms with Crippen molar-refractivity contribution in [3.63, 3.8) is 0 Å². The molecule has 1 aromatic rings. The van der Waals surface area contributed by atoms with E-state index in [0.29, 0.717) is 21.5 Å². The Morgan fingerprint density at radius 1 is 1.37 bits per heavy atom. The second kappa shape index (κ2) is 6.35. The van der Waals surface area contributed by atoms with Crippen molar-refractivity contribution in [3.05, 3.63) is 22.2 Å². The summed E-state index contributed by atoms with van der Waals surface area (Å²) in [5.74, 6) is 0.135. The third-order valence-electron chi connectivity index (χ3n) is 2.77. The number of hydrogen-bond acceptors (Lipinski definition) is 3. The van der Waals surface area contributed by atoms with Gasteiger partial charge in [-0.2, -0.15) is 0 Å². The number of carbonyl (C=O) groups is 1. The zero-order chi connectivity index (χ0) is 14.6. The second-order valence-corrected chi connectivity index (χ2v) is 5.69. The van der Waals surface area contributed by atoms with E-state index in [1.54, 1.807) is 0 Å². The molecule has 0 heterocycles. The van der Waals surface area contributed by atoms with Crippen molar-refractivity contribution in [2.24, 2.45) is 0 Å². The van der Waals surface area contributed by atoms with E-state index in [9.17, 15) is 4.79 Å². The molecule has 0 saturated heterocycles. The van der Waals surface area contributed by atoms with Gasteiger partial charge in [-0.05, 0) is 26.3 Å². The molecule has 0 fully saturated rings. The summed E-state index contributed by atoms with van der Waals surface area (Å²) in [4.78, 5) is 11.7. The molecule has 0 unspecified atom stereocenters. The number of carbonyl (C=O) groups excluding carboxylic acids is 1. The van der Waals surface area contributed by atoms with Crippen LogP contribution < -0.4 is 15.8 Å². The number of halogens is 2. The lowest BCUT2D eigenvalue weighted by molar-refractivity contribution is -0.124. The molecule has 4 nitrogen and oxygen atoms in total. The van der Waals surface area contributed by atoms with Crippen LogP contribution in [0.4, 0.5) is 5.69 Å². The van der Waals surface area contributed by atoms with Crippen molar-refractivity contribution in [2.75, 3.05) is 12.3 Å². The molecule has 6 heteroatoms. The lowest BCUT2D eigenvalue weighted by atomic mass is 10.0. The lowest BCUT2D eigenvalue weighted by Gasteiger charge is -2.24. The van der Waals surface area contributed by atoms with Crippen molar-refractivity contribution < 1.29 is 9.53 Å². The number of nitrogen functional groups attached to an aromatic ring is 1. The van der Waals surface area contributed by atoms with Gasteiger partial charge >= 0.3 is 0 Å². The van der Waals surface area contributed by atoms with Gasteiger partial charge in [-0.1, -0.05) is 30.1 Å². The monoisotopic (exact) mass is 304 g/mol. The number of benzene rings is 1. The van der Waals surface area contributed by atoms with Gasteiger partial charge in [0, 0.05) is 11.6 Å². The first-order valence-electron chi connectivity index (χ1n) is 5.93.